The third-order valence-electron chi connectivity index (χ3n) is 3.55. The standard InChI is InChI=1S/C17H18O2/c1-10(2)13-6-5-11(3)17-15(12(4)19)8-14(9-18)16(17)7-13/h5-10H,1-4H3. The molecule has 2 nitrogen and oxygen atoms in total. The summed E-state index contributed by atoms with van der Waals surface area (Å²) >= 11 is 0. The van der Waals surface area contributed by atoms with Crippen molar-refractivity contribution in [1.82, 2.24) is 0 Å². The third kappa shape index (κ3) is 2.30. The molecule has 0 radical (unpaired) electrons. The van der Waals surface area contributed by atoms with Crippen molar-refractivity contribution in [2.24, 2.45) is 0 Å². The Morgan fingerprint density at radius 3 is 2.42 bits per heavy atom. The molecule has 0 unspecified atom stereocenters. The first kappa shape index (κ1) is 13.5. The van der Waals surface area contributed by atoms with Crippen LogP contribution in [0.15, 0.2) is 24.3 Å². The lowest BCUT2D eigenvalue weighted by Crippen LogP contribution is -1.91. The Morgan fingerprint density at radius 1 is 1.21 bits per heavy atom. The second-order valence-corrected chi connectivity index (χ2v) is 5.29. The summed E-state index contributed by atoms with van der Waals surface area (Å²) in [6.07, 6.45) is 0.832. The van der Waals surface area contributed by atoms with Crippen molar-refractivity contribution in [3.8, 4) is 11.1 Å². The van der Waals surface area contributed by atoms with Crippen molar-refractivity contribution in [3.63, 3.8) is 0 Å². The molecule has 2 heteroatoms. The molecule has 0 spiro atoms. The maximum absolute atomic E-state index is 11.7. The first-order valence-corrected chi connectivity index (χ1v) is 6.49. The number of hydrogen-bond donors (Lipinski definition) is 0. The first-order valence-electron chi connectivity index (χ1n) is 6.49. The maximum atomic E-state index is 11.7. The molecule has 0 saturated heterocycles. The van der Waals surface area contributed by atoms with Gasteiger partial charge in [-0.1, -0.05) is 32.0 Å². The number of aryl methyl sites for hydroxylation is 1. The van der Waals surface area contributed by atoms with E-state index in [2.05, 4.69) is 19.9 Å². The summed E-state index contributed by atoms with van der Waals surface area (Å²) in [5, 5.41) is 0. The monoisotopic (exact) mass is 254 g/mol. The number of fused-ring (bicyclic) bond motifs is 1. The molecule has 0 amide bonds. The van der Waals surface area contributed by atoms with E-state index in [1.165, 1.54) is 5.56 Å². The number of Topliss-reactive ketones (excluding diaryl/α,β-unsaturated/α-hetero) is 1. The molecule has 0 aromatic carbocycles. The summed E-state index contributed by atoms with van der Waals surface area (Å²) in [6, 6.07) is 7.83. The lowest BCUT2D eigenvalue weighted by molar-refractivity contribution is 0.101. The molecule has 0 aromatic heterocycles. The van der Waals surface area contributed by atoms with Gasteiger partial charge in [0.15, 0.2) is 12.1 Å². The van der Waals surface area contributed by atoms with Gasteiger partial charge in [-0.15, -0.1) is 0 Å². The third-order valence-corrected chi connectivity index (χ3v) is 3.55. The van der Waals surface area contributed by atoms with Crippen LogP contribution in [-0.4, -0.2) is 12.1 Å². The summed E-state index contributed by atoms with van der Waals surface area (Å²) in [5.74, 6) is 0.378. The maximum Gasteiger partial charge on any atom is 0.160 e. The highest BCUT2D eigenvalue weighted by Crippen LogP contribution is 2.35. The second-order valence-electron chi connectivity index (χ2n) is 5.29. The van der Waals surface area contributed by atoms with Crippen LogP contribution >= 0.6 is 0 Å². The van der Waals surface area contributed by atoms with Crippen LogP contribution in [0.5, 0.6) is 0 Å². The van der Waals surface area contributed by atoms with Crippen LogP contribution in [0.2, 0.25) is 0 Å². The molecule has 0 fully saturated rings. The molecule has 98 valence electrons. The van der Waals surface area contributed by atoms with Crippen LogP contribution in [0.1, 0.15) is 58.5 Å². The summed E-state index contributed by atoms with van der Waals surface area (Å²) in [5.41, 5.74) is 5.22. The number of carbonyl (C=O) groups is 2. The summed E-state index contributed by atoms with van der Waals surface area (Å²) in [7, 11) is 0. The normalized spacial score (nSPS) is 11.0. The van der Waals surface area contributed by atoms with E-state index in [1.807, 2.05) is 19.1 Å². The van der Waals surface area contributed by atoms with Crippen LogP contribution < -0.4 is 0 Å². The van der Waals surface area contributed by atoms with E-state index in [0.717, 1.165) is 23.0 Å². The number of rotatable bonds is 3. The average Bonchev–Trinajstić information content (AvgIpc) is 2.63. The average molecular weight is 254 g/mol. The van der Waals surface area contributed by atoms with Gasteiger partial charge in [0, 0.05) is 11.1 Å². The Labute approximate surface area is 113 Å². The van der Waals surface area contributed by atoms with Gasteiger partial charge in [-0.05, 0) is 48.1 Å². The minimum atomic E-state index is -0.00139. The molecular formula is C17H18O2. The van der Waals surface area contributed by atoms with Gasteiger partial charge < -0.3 is 0 Å². The van der Waals surface area contributed by atoms with E-state index in [0.29, 0.717) is 17.0 Å². The van der Waals surface area contributed by atoms with Crippen molar-refractivity contribution in [2.75, 3.05) is 0 Å². The van der Waals surface area contributed by atoms with E-state index in [9.17, 15) is 9.59 Å². The van der Waals surface area contributed by atoms with Gasteiger partial charge in [0.25, 0.3) is 0 Å². The van der Waals surface area contributed by atoms with Crippen LogP contribution in [0.3, 0.4) is 0 Å². The minimum absolute atomic E-state index is 0.00139. The highest BCUT2D eigenvalue weighted by atomic mass is 16.1. The second kappa shape index (κ2) is 4.96. The van der Waals surface area contributed by atoms with Gasteiger partial charge in [-0.3, -0.25) is 9.59 Å². The Hall–Kier alpha value is -1.96. The number of ketones is 1. The van der Waals surface area contributed by atoms with Gasteiger partial charge in [0.2, 0.25) is 0 Å². The first-order chi connectivity index (χ1) is 8.95. The van der Waals surface area contributed by atoms with E-state index < -0.39 is 0 Å². The number of hydrogen-bond acceptors (Lipinski definition) is 2. The summed E-state index contributed by atoms with van der Waals surface area (Å²) in [6.45, 7) is 7.75. The number of carbonyl (C=O) groups excluding carboxylic acids is 2. The zero-order chi connectivity index (χ0) is 14.2. The van der Waals surface area contributed by atoms with Crippen molar-refractivity contribution in [3.05, 3.63) is 46.5 Å². The van der Waals surface area contributed by atoms with Gasteiger partial charge in [-0.2, -0.15) is 0 Å². The molecular weight excluding hydrogens is 236 g/mol. The molecule has 2 rings (SSSR count). The predicted octanol–water partition coefficient (Wildman–Crippen LogP) is 4.24. The molecule has 0 saturated carbocycles. The Morgan fingerprint density at radius 2 is 1.89 bits per heavy atom. The molecule has 0 bridgehead atoms. The molecule has 0 aromatic rings. The quantitative estimate of drug-likeness (QED) is 0.606. The summed E-state index contributed by atoms with van der Waals surface area (Å²) in [4.78, 5) is 23.0. The van der Waals surface area contributed by atoms with Crippen LogP contribution in [0, 0.1) is 6.92 Å². The molecule has 0 heterocycles. The van der Waals surface area contributed by atoms with E-state index in [1.54, 1.807) is 13.0 Å². The molecule has 2 aliphatic rings. The van der Waals surface area contributed by atoms with E-state index >= 15 is 0 Å². The van der Waals surface area contributed by atoms with Crippen LogP contribution in [0.4, 0.5) is 0 Å². The van der Waals surface area contributed by atoms with Crippen LogP contribution in [0.25, 0.3) is 11.1 Å². The van der Waals surface area contributed by atoms with Crippen molar-refractivity contribution in [2.45, 2.75) is 33.6 Å². The molecule has 0 aliphatic heterocycles. The van der Waals surface area contributed by atoms with Crippen molar-refractivity contribution < 1.29 is 9.59 Å². The molecule has 19 heavy (non-hydrogen) atoms. The lowest BCUT2D eigenvalue weighted by Gasteiger charge is -2.04. The fraction of sp³-hybridized carbons (Fsp3) is 0.294. The summed E-state index contributed by atoms with van der Waals surface area (Å²) < 4.78 is 0. The van der Waals surface area contributed by atoms with Crippen molar-refractivity contribution >= 4 is 12.1 Å². The highest BCUT2D eigenvalue weighted by Gasteiger charge is 2.20. The van der Waals surface area contributed by atoms with E-state index in [-0.39, 0.29) is 5.78 Å². The number of aldehydes is 1. The van der Waals surface area contributed by atoms with Gasteiger partial charge in [0.05, 0.1) is 0 Å². The molecule has 2 aliphatic carbocycles. The SMILES string of the molecule is CC(=O)c1cc(C=O)c2cc(C(C)C)ccc(C)c1-2. The molecule has 0 N–H and O–H groups in total. The van der Waals surface area contributed by atoms with Gasteiger partial charge >= 0.3 is 0 Å². The highest BCUT2D eigenvalue weighted by molar-refractivity contribution is 6.07. The van der Waals surface area contributed by atoms with Crippen LogP contribution in [-0.2, 0) is 0 Å². The minimum Gasteiger partial charge on any atom is -0.298 e. The smallest absolute Gasteiger partial charge is 0.160 e. The Balaban J connectivity index is 2.84. The van der Waals surface area contributed by atoms with Gasteiger partial charge in [0.1, 0.15) is 0 Å². The molecule has 0 atom stereocenters. The fourth-order valence-corrected chi connectivity index (χ4v) is 2.43. The zero-order valence-electron chi connectivity index (χ0n) is 11.8. The topological polar surface area (TPSA) is 34.1 Å². The Kier molecular flexibility index (Phi) is 3.52. The van der Waals surface area contributed by atoms with Gasteiger partial charge in [-0.25, -0.2) is 0 Å². The Bertz CT molecular complexity index is 624. The fourth-order valence-electron chi connectivity index (χ4n) is 2.43. The largest absolute Gasteiger partial charge is 0.298 e. The predicted molar refractivity (Wildman–Crippen MR) is 77.3 cm³/mol. The van der Waals surface area contributed by atoms with Crippen molar-refractivity contribution in [1.29, 1.82) is 0 Å². The van der Waals surface area contributed by atoms with E-state index in [4.69, 9.17) is 0 Å². The zero-order valence-corrected chi connectivity index (χ0v) is 11.8. The lowest BCUT2D eigenvalue weighted by atomic mass is 10.00.